The number of carboxylic acid groups (broad SMARTS) is 1. The predicted octanol–water partition coefficient (Wildman–Crippen LogP) is 2.81. The van der Waals surface area contributed by atoms with Crippen molar-refractivity contribution in [2.75, 3.05) is 0 Å². The average molecular weight is 260 g/mol. The van der Waals surface area contributed by atoms with E-state index < -0.39 is 11.9 Å². The van der Waals surface area contributed by atoms with Crippen LogP contribution in [0.15, 0.2) is 36.4 Å². The van der Waals surface area contributed by atoms with Gasteiger partial charge < -0.3 is 9.90 Å². The molecule has 98 valence electrons. The van der Waals surface area contributed by atoms with Gasteiger partial charge in [0.15, 0.2) is 0 Å². The van der Waals surface area contributed by atoms with Gasteiger partial charge >= 0.3 is 5.97 Å². The highest BCUT2D eigenvalue weighted by Crippen LogP contribution is 2.19. The molecule has 0 aliphatic heterocycles. The summed E-state index contributed by atoms with van der Waals surface area (Å²) >= 11 is 0. The molecule has 0 amide bonds. The number of carbonyl (C=O) groups is 2. The molecule has 2 rings (SSSR count). The maximum atomic E-state index is 13.0. The Hall–Kier alpha value is -2.23. The van der Waals surface area contributed by atoms with Crippen molar-refractivity contribution in [3.8, 4) is 0 Å². The molecule has 0 radical (unpaired) electrons. The van der Waals surface area contributed by atoms with Crippen molar-refractivity contribution in [1.29, 1.82) is 0 Å². The molecule has 0 aliphatic carbocycles. The third-order valence-electron chi connectivity index (χ3n) is 2.99. The minimum absolute atomic E-state index is 0.176. The number of hydrogen-bond donors (Lipinski definition) is 1. The standard InChI is InChI=1S/C15H13FO3/c16-14-4-3-12-6-10(1-2-13(12)8-14)5-11(9-17)7-15(18)19/h1-4,6,8-9,11H,5,7H2,(H,18,19). The molecule has 0 saturated carbocycles. The molecule has 1 unspecified atom stereocenters. The summed E-state index contributed by atoms with van der Waals surface area (Å²) in [4.78, 5) is 21.4. The zero-order valence-electron chi connectivity index (χ0n) is 10.2. The lowest BCUT2D eigenvalue weighted by atomic mass is 9.96. The summed E-state index contributed by atoms with van der Waals surface area (Å²) in [6.45, 7) is 0. The molecule has 2 aromatic carbocycles. The number of aldehydes is 1. The monoisotopic (exact) mass is 260 g/mol. The topological polar surface area (TPSA) is 54.4 Å². The molecule has 0 aliphatic rings. The third-order valence-corrected chi connectivity index (χ3v) is 2.99. The van der Waals surface area contributed by atoms with Gasteiger partial charge in [0.1, 0.15) is 12.1 Å². The van der Waals surface area contributed by atoms with Crippen molar-refractivity contribution in [3.63, 3.8) is 0 Å². The van der Waals surface area contributed by atoms with Crippen molar-refractivity contribution in [2.24, 2.45) is 5.92 Å². The maximum absolute atomic E-state index is 13.0. The summed E-state index contributed by atoms with van der Waals surface area (Å²) < 4.78 is 13.0. The summed E-state index contributed by atoms with van der Waals surface area (Å²) in [7, 11) is 0. The number of rotatable bonds is 5. The van der Waals surface area contributed by atoms with Gasteiger partial charge in [0.25, 0.3) is 0 Å². The number of halogens is 1. The van der Waals surface area contributed by atoms with Gasteiger partial charge in [-0.3, -0.25) is 4.79 Å². The first-order chi connectivity index (χ1) is 9.08. The van der Waals surface area contributed by atoms with E-state index in [1.807, 2.05) is 6.07 Å². The second-order valence-electron chi connectivity index (χ2n) is 4.52. The highest BCUT2D eigenvalue weighted by Gasteiger charge is 2.13. The third kappa shape index (κ3) is 3.37. The van der Waals surface area contributed by atoms with Crippen LogP contribution in [0.2, 0.25) is 0 Å². The summed E-state index contributed by atoms with van der Waals surface area (Å²) in [6, 6.07) is 9.90. The Morgan fingerprint density at radius 1 is 1.21 bits per heavy atom. The summed E-state index contributed by atoms with van der Waals surface area (Å²) in [5, 5.41) is 10.4. The molecule has 4 heteroatoms. The first kappa shape index (κ1) is 13.2. The van der Waals surface area contributed by atoms with Gasteiger partial charge in [-0.2, -0.15) is 0 Å². The van der Waals surface area contributed by atoms with Crippen LogP contribution in [0.4, 0.5) is 4.39 Å². The molecular formula is C15H13FO3. The Morgan fingerprint density at radius 2 is 1.89 bits per heavy atom. The molecule has 0 fully saturated rings. The summed E-state index contributed by atoms with van der Waals surface area (Å²) in [6.07, 6.45) is 0.872. The van der Waals surface area contributed by atoms with E-state index in [1.165, 1.54) is 12.1 Å². The maximum Gasteiger partial charge on any atom is 0.304 e. The first-order valence-corrected chi connectivity index (χ1v) is 5.94. The van der Waals surface area contributed by atoms with Crippen molar-refractivity contribution in [2.45, 2.75) is 12.8 Å². The fourth-order valence-corrected chi connectivity index (χ4v) is 2.09. The fourth-order valence-electron chi connectivity index (χ4n) is 2.09. The number of benzene rings is 2. The largest absolute Gasteiger partial charge is 0.481 e. The van der Waals surface area contributed by atoms with E-state index in [0.29, 0.717) is 12.7 Å². The Morgan fingerprint density at radius 3 is 2.58 bits per heavy atom. The van der Waals surface area contributed by atoms with E-state index in [2.05, 4.69) is 0 Å². The second-order valence-corrected chi connectivity index (χ2v) is 4.52. The van der Waals surface area contributed by atoms with Crippen LogP contribution in [0.1, 0.15) is 12.0 Å². The number of fused-ring (bicyclic) bond motifs is 1. The Balaban J connectivity index is 2.23. The van der Waals surface area contributed by atoms with E-state index in [1.54, 1.807) is 18.2 Å². The van der Waals surface area contributed by atoms with Crippen LogP contribution in [-0.2, 0) is 16.0 Å². The SMILES string of the molecule is O=CC(CC(=O)O)Cc1ccc2cc(F)ccc2c1. The molecule has 1 atom stereocenters. The van der Waals surface area contributed by atoms with E-state index >= 15 is 0 Å². The highest BCUT2D eigenvalue weighted by molar-refractivity contribution is 5.83. The first-order valence-electron chi connectivity index (χ1n) is 5.94. The normalized spacial score (nSPS) is 12.3. The van der Waals surface area contributed by atoms with Crippen molar-refractivity contribution in [3.05, 3.63) is 47.8 Å². The molecule has 0 saturated heterocycles. The van der Waals surface area contributed by atoms with Gasteiger partial charge in [-0.1, -0.05) is 24.3 Å². The van der Waals surface area contributed by atoms with Gasteiger partial charge in [0.2, 0.25) is 0 Å². The van der Waals surface area contributed by atoms with Crippen LogP contribution in [0.25, 0.3) is 10.8 Å². The van der Waals surface area contributed by atoms with Crippen molar-refractivity contribution in [1.82, 2.24) is 0 Å². The van der Waals surface area contributed by atoms with Crippen LogP contribution in [0.5, 0.6) is 0 Å². The average Bonchev–Trinajstić information content (AvgIpc) is 2.37. The van der Waals surface area contributed by atoms with Crippen molar-refractivity contribution < 1.29 is 19.1 Å². The zero-order valence-corrected chi connectivity index (χ0v) is 10.2. The minimum atomic E-state index is -0.986. The lowest BCUT2D eigenvalue weighted by Crippen LogP contribution is -2.11. The van der Waals surface area contributed by atoms with Crippen LogP contribution in [0, 0.1) is 11.7 Å². The highest BCUT2D eigenvalue weighted by atomic mass is 19.1. The fraction of sp³-hybridized carbons (Fsp3) is 0.200. The van der Waals surface area contributed by atoms with Gasteiger partial charge in [0, 0.05) is 5.92 Å². The molecule has 2 aromatic rings. The van der Waals surface area contributed by atoms with Gasteiger partial charge in [-0.05, 0) is 34.9 Å². The van der Waals surface area contributed by atoms with E-state index in [-0.39, 0.29) is 12.2 Å². The lowest BCUT2D eigenvalue weighted by Gasteiger charge is -2.08. The number of carbonyl (C=O) groups excluding carboxylic acids is 1. The van der Waals surface area contributed by atoms with Gasteiger partial charge in [-0.25, -0.2) is 4.39 Å². The van der Waals surface area contributed by atoms with Crippen LogP contribution in [-0.4, -0.2) is 17.4 Å². The molecule has 1 N–H and O–H groups in total. The van der Waals surface area contributed by atoms with Gasteiger partial charge in [0.05, 0.1) is 6.42 Å². The second kappa shape index (κ2) is 5.61. The predicted molar refractivity (Wildman–Crippen MR) is 69.4 cm³/mol. The molecule has 0 heterocycles. The lowest BCUT2D eigenvalue weighted by molar-refractivity contribution is -0.139. The molecular weight excluding hydrogens is 247 g/mol. The van der Waals surface area contributed by atoms with Crippen LogP contribution < -0.4 is 0 Å². The smallest absolute Gasteiger partial charge is 0.304 e. The van der Waals surface area contributed by atoms with Crippen LogP contribution >= 0.6 is 0 Å². The van der Waals surface area contributed by atoms with Gasteiger partial charge in [-0.15, -0.1) is 0 Å². The van der Waals surface area contributed by atoms with E-state index in [4.69, 9.17) is 5.11 Å². The molecule has 0 spiro atoms. The Labute approximate surface area is 109 Å². The number of carboxylic acids is 1. The summed E-state index contributed by atoms with van der Waals surface area (Å²) in [5.74, 6) is -1.81. The minimum Gasteiger partial charge on any atom is -0.481 e. The number of hydrogen-bond acceptors (Lipinski definition) is 2. The zero-order chi connectivity index (χ0) is 13.8. The van der Waals surface area contributed by atoms with Crippen LogP contribution in [0.3, 0.4) is 0 Å². The quantitative estimate of drug-likeness (QED) is 0.841. The molecule has 0 aromatic heterocycles. The van der Waals surface area contributed by atoms with E-state index in [9.17, 15) is 14.0 Å². The molecule has 3 nitrogen and oxygen atoms in total. The summed E-state index contributed by atoms with van der Waals surface area (Å²) in [5.41, 5.74) is 0.873. The molecule has 0 bridgehead atoms. The van der Waals surface area contributed by atoms with E-state index in [0.717, 1.165) is 16.3 Å². The Kier molecular flexibility index (Phi) is 3.90. The van der Waals surface area contributed by atoms with Crippen molar-refractivity contribution >= 4 is 23.0 Å². The Bertz CT molecular complexity index is 622. The number of aliphatic carboxylic acids is 1. The molecule has 19 heavy (non-hydrogen) atoms.